The molecule has 1 aliphatic heterocycles. The van der Waals surface area contributed by atoms with E-state index in [0.29, 0.717) is 31.1 Å². The molecule has 1 atom stereocenters. The molecule has 7 nitrogen and oxygen atoms in total. The first-order valence-corrected chi connectivity index (χ1v) is 11.8. The van der Waals surface area contributed by atoms with Crippen LogP contribution < -0.4 is 10.6 Å². The Hall–Kier alpha value is -2.41. The summed E-state index contributed by atoms with van der Waals surface area (Å²) in [5.41, 5.74) is 1.42. The van der Waals surface area contributed by atoms with E-state index < -0.39 is 0 Å². The van der Waals surface area contributed by atoms with Crippen LogP contribution in [0.2, 0.25) is 0 Å². The first kappa shape index (κ1) is 24.2. The lowest BCUT2D eigenvalue weighted by atomic mass is 9.91. The monoisotopic (exact) mass is 442 g/mol. The van der Waals surface area contributed by atoms with Crippen LogP contribution >= 0.6 is 0 Å². The molecule has 1 aromatic rings. The third kappa shape index (κ3) is 6.79. The number of rotatable bonds is 6. The molecule has 1 aliphatic carbocycles. The topological polar surface area (TPSA) is 81.8 Å². The summed E-state index contributed by atoms with van der Waals surface area (Å²) >= 11 is 0. The predicted molar refractivity (Wildman–Crippen MR) is 127 cm³/mol. The van der Waals surface area contributed by atoms with E-state index in [4.69, 9.17) is 0 Å². The summed E-state index contributed by atoms with van der Waals surface area (Å²) < 4.78 is 0. The number of hydrogen-bond donors (Lipinski definition) is 2. The van der Waals surface area contributed by atoms with E-state index in [2.05, 4.69) is 36.3 Å². The second-order valence-electron chi connectivity index (χ2n) is 10.4. The molecular weight excluding hydrogens is 404 g/mol. The quantitative estimate of drug-likeness (QED) is 0.703. The zero-order valence-electron chi connectivity index (χ0n) is 19.9. The zero-order chi connectivity index (χ0) is 23.3. The molecule has 176 valence electrons. The van der Waals surface area contributed by atoms with Crippen molar-refractivity contribution in [3.63, 3.8) is 0 Å². The van der Waals surface area contributed by atoms with Crippen LogP contribution in [-0.4, -0.2) is 59.7 Å². The van der Waals surface area contributed by atoms with Crippen LogP contribution in [-0.2, 0) is 14.4 Å². The van der Waals surface area contributed by atoms with Crippen molar-refractivity contribution < 1.29 is 14.4 Å². The second-order valence-corrected chi connectivity index (χ2v) is 10.4. The molecule has 0 radical (unpaired) electrons. The van der Waals surface area contributed by atoms with Gasteiger partial charge in [0.05, 0.1) is 6.04 Å². The summed E-state index contributed by atoms with van der Waals surface area (Å²) in [6, 6.07) is 7.05. The van der Waals surface area contributed by atoms with E-state index in [9.17, 15) is 14.4 Å². The minimum Gasteiger partial charge on any atom is -0.340 e. The van der Waals surface area contributed by atoms with Gasteiger partial charge in [-0.15, -0.1) is 0 Å². The molecule has 2 aliphatic rings. The molecule has 2 N–H and O–H groups in total. The average molecular weight is 443 g/mol. The number of piperazine rings is 1. The van der Waals surface area contributed by atoms with Gasteiger partial charge in [0, 0.05) is 50.9 Å². The highest BCUT2D eigenvalue weighted by Crippen LogP contribution is 2.32. The second kappa shape index (κ2) is 10.5. The van der Waals surface area contributed by atoms with Crippen molar-refractivity contribution in [1.29, 1.82) is 0 Å². The van der Waals surface area contributed by atoms with E-state index >= 15 is 0 Å². The van der Waals surface area contributed by atoms with Crippen LogP contribution in [0, 0.1) is 11.3 Å². The predicted octanol–water partition coefficient (Wildman–Crippen LogP) is 3.72. The Morgan fingerprint density at radius 1 is 0.938 bits per heavy atom. The fourth-order valence-electron chi connectivity index (χ4n) is 4.82. The summed E-state index contributed by atoms with van der Waals surface area (Å²) in [6.45, 7) is 10.5. The van der Waals surface area contributed by atoms with Gasteiger partial charge in [0.1, 0.15) is 0 Å². The van der Waals surface area contributed by atoms with Crippen molar-refractivity contribution in [1.82, 2.24) is 9.80 Å². The summed E-state index contributed by atoms with van der Waals surface area (Å²) in [5.74, 6) is 0.464. The summed E-state index contributed by atoms with van der Waals surface area (Å²) in [6.07, 6.45) is 5.03. The largest absolute Gasteiger partial charge is 0.340 e. The molecule has 2 fully saturated rings. The fraction of sp³-hybridized carbons (Fsp3) is 0.640. The van der Waals surface area contributed by atoms with Crippen molar-refractivity contribution in [3.05, 3.63) is 24.3 Å². The molecule has 0 spiro atoms. The highest BCUT2D eigenvalue weighted by molar-refractivity contribution is 5.95. The minimum absolute atomic E-state index is 0.0179. The van der Waals surface area contributed by atoms with Gasteiger partial charge in [0.25, 0.3) is 0 Å². The molecule has 7 heteroatoms. The molecule has 3 rings (SSSR count). The Bertz CT molecular complexity index is 801. The number of hydrogen-bond acceptors (Lipinski definition) is 4. The number of anilines is 2. The molecular formula is C25H38N4O3. The number of benzene rings is 1. The van der Waals surface area contributed by atoms with Gasteiger partial charge in [-0.1, -0.05) is 33.6 Å². The highest BCUT2D eigenvalue weighted by atomic mass is 16.2. The van der Waals surface area contributed by atoms with Gasteiger partial charge in [-0.05, 0) is 48.4 Å². The molecule has 32 heavy (non-hydrogen) atoms. The number of amides is 3. The van der Waals surface area contributed by atoms with Gasteiger partial charge in [0.2, 0.25) is 17.7 Å². The molecule has 1 heterocycles. The van der Waals surface area contributed by atoms with Crippen molar-refractivity contribution in [2.45, 2.75) is 65.8 Å². The molecule has 1 aromatic carbocycles. The third-order valence-corrected chi connectivity index (χ3v) is 6.33. The third-order valence-electron chi connectivity index (χ3n) is 6.33. The average Bonchev–Trinajstić information content (AvgIpc) is 3.23. The van der Waals surface area contributed by atoms with Gasteiger partial charge >= 0.3 is 0 Å². The summed E-state index contributed by atoms with van der Waals surface area (Å²) in [7, 11) is 0. The van der Waals surface area contributed by atoms with Crippen LogP contribution in [0.25, 0.3) is 0 Å². The lowest BCUT2D eigenvalue weighted by Crippen LogP contribution is -2.57. The highest BCUT2D eigenvalue weighted by Gasteiger charge is 2.37. The van der Waals surface area contributed by atoms with E-state index in [1.54, 1.807) is 12.1 Å². The standard InChI is InChI=1S/C25H38N4O3/c1-18(30)26-20-9-11-21(12-10-20)27-24(32)23(19-7-5-6-8-19)29-15-13-28(14-16-29)22(31)17-25(2,3)4/h9-12,19,23H,5-8,13-17H2,1-4H3,(H,26,30)(H,27,32)/t23-/m0/s1. The molecule has 0 aromatic heterocycles. The van der Waals surface area contributed by atoms with Crippen molar-refractivity contribution >= 4 is 29.1 Å². The SMILES string of the molecule is CC(=O)Nc1ccc(NC(=O)[C@H](C2CCCC2)N2CCN(C(=O)CC(C)(C)C)CC2)cc1. The van der Waals surface area contributed by atoms with Gasteiger partial charge in [-0.3, -0.25) is 19.3 Å². The van der Waals surface area contributed by atoms with Crippen molar-refractivity contribution in [2.24, 2.45) is 11.3 Å². The number of carbonyl (C=O) groups excluding carboxylic acids is 3. The molecule has 1 saturated carbocycles. The zero-order valence-corrected chi connectivity index (χ0v) is 19.9. The van der Waals surface area contributed by atoms with Crippen molar-refractivity contribution in [2.75, 3.05) is 36.8 Å². The fourth-order valence-corrected chi connectivity index (χ4v) is 4.82. The molecule has 1 saturated heterocycles. The van der Waals surface area contributed by atoms with E-state index in [1.807, 2.05) is 17.0 Å². The summed E-state index contributed by atoms with van der Waals surface area (Å²) in [5, 5.41) is 5.83. The Morgan fingerprint density at radius 3 is 1.97 bits per heavy atom. The maximum atomic E-state index is 13.4. The van der Waals surface area contributed by atoms with E-state index in [0.717, 1.165) is 31.6 Å². The Labute approximate surface area is 191 Å². The number of nitrogens with one attached hydrogen (secondary N) is 2. The van der Waals surface area contributed by atoms with Crippen LogP contribution in [0.1, 0.15) is 59.8 Å². The maximum Gasteiger partial charge on any atom is 0.242 e. The number of carbonyl (C=O) groups is 3. The number of nitrogens with zero attached hydrogens (tertiary/aromatic N) is 2. The normalized spacial score (nSPS) is 18.9. The Kier molecular flexibility index (Phi) is 7.93. The molecule has 0 unspecified atom stereocenters. The van der Waals surface area contributed by atoms with Crippen molar-refractivity contribution in [3.8, 4) is 0 Å². The van der Waals surface area contributed by atoms with E-state index in [-0.39, 0.29) is 29.2 Å². The van der Waals surface area contributed by atoms with Gasteiger partial charge < -0.3 is 15.5 Å². The van der Waals surface area contributed by atoms with Gasteiger partial charge in [-0.25, -0.2) is 0 Å². The van der Waals surface area contributed by atoms with Crippen LogP contribution in [0.5, 0.6) is 0 Å². The Morgan fingerprint density at radius 2 is 1.47 bits per heavy atom. The van der Waals surface area contributed by atoms with E-state index in [1.165, 1.54) is 19.8 Å². The lowest BCUT2D eigenvalue weighted by molar-refractivity contribution is -0.136. The Balaban J connectivity index is 1.63. The van der Waals surface area contributed by atoms with Crippen LogP contribution in [0.3, 0.4) is 0 Å². The first-order valence-electron chi connectivity index (χ1n) is 11.8. The minimum atomic E-state index is -0.174. The lowest BCUT2D eigenvalue weighted by Gasteiger charge is -2.41. The first-order chi connectivity index (χ1) is 15.1. The smallest absolute Gasteiger partial charge is 0.242 e. The maximum absolute atomic E-state index is 13.4. The summed E-state index contributed by atoms with van der Waals surface area (Å²) in [4.78, 5) is 41.4. The van der Waals surface area contributed by atoms with Gasteiger partial charge in [0.15, 0.2) is 0 Å². The molecule has 0 bridgehead atoms. The molecule has 3 amide bonds. The van der Waals surface area contributed by atoms with Crippen LogP contribution in [0.4, 0.5) is 11.4 Å². The van der Waals surface area contributed by atoms with Crippen LogP contribution in [0.15, 0.2) is 24.3 Å². The van der Waals surface area contributed by atoms with Gasteiger partial charge in [-0.2, -0.15) is 0 Å².